The van der Waals surface area contributed by atoms with Crippen molar-refractivity contribution >= 4 is 32.4 Å². The van der Waals surface area contributed by atoms with Gasteiger partial charge in [-0.2, -0.15) is 0 Å². The van der Waals surface area contributed by atoms with E-state index in [2.05, 4.69) is 5.32 Å². The van der Waals surface area contributed by atoms with Crippen LogP contribution in [0.1, 0.15) is 30.0 Å². The van der Waals surface area contributed by atoms with Crippen molar-refractivity contribution in [3.05, 3.63) is 77.4 Å². The highest BCUT2D eigenvalue weighted by molar-refractivity contribution is 7.92. The number of sulfonamides is 1. The van der Waals surface area contributed by atoms with Gasteiger partial charge in [0, 0.05) is 6.54 Å². The van der Waals surface area contributed by atoms with Gasteiger partial charge in [0.15, 0.2) is 0 Å². The van der Waals surface area contributed by atoms with E-state index in [-0.39, 0.29) is 5.91 Å². The average molecular weight is 425 g/mol. The molecule has 0 bridgehead atoms. The summed E-state index contributed by atoms with van der Waals surface area (Å²) in [6, 6.07) is 18.6. The SMILES string of the molecule is CC[C@@H](C(=O)NCc1cccc2ccccc12)N(c1ccc(C)c(C)c1)S(C)(=O)=O. The van der Waals surface area contributed by atoms with Crippen LogP contribution in [0.3, 0.4) is 0 Å². The molecule has 5 nitrogen and oxygen atoms in total. The van der Waals surface area contributed by atoms with E-state index in [1.165, 1.54) is 4.31 Å². The molecule has 0 aliphatic carbocycles. The van der Waals surface area contributed by atoms with Crippen LogP contribution in [-0.4, -0.2) is 26.6 Å². The normalized spacial score (nSPS) is 12.5. The maximum Gasteiger partial charge on any atom is 0.244 e. The molecule has 0 unspecified atom stereocenters. The number of nitrogens with zero attached hydrogens (tertiary/aromatic N) is 1. The minimum Gasteiger partial charge on any atom is -0.350 e. The molecule has 6 heteroatoms. The fourth-order valence-corrected chi connectivity index (χ4v) is 4.87. The summed E-state index contributed by atoms with van der Waals surface area (Å²) in [4.78, 5) is 13.1. The molecule has 0 aliphatic rings. The molecule has 1 atom stereocenters. The van der Waals surface area contributed by atoms with E-state index in [1.807, 2.05) is 75.4 Å². The van der Waals surface area contributed by atoms with Gasteiger partial charge in [-0.05, 0) is 59.9 Å². The van der Waals surface area contributed by atoms with Gasteiger partial charge >= 0.3 is 0 Å². The van der Waals surface area contributed by atoms with Crippen LogP contribution in [0.5, 0.6) is 0 Å². The molecule has 0 saturated heterocycles. The van der Waals surface area contributed by atoms with Crippen molar-refractivity contribution < 1.29 is 13.2 Å². The number of carbonyl (C=O) groups excluding carboxylic acids is 1. The van der Waals surface area contributed by atoms with Crippen LogP contribution in [0.4, 0.5) is 5.69 Å². The zero-order valence-electron chi connectivity index (χ0n) is 17.8. The number of rotatable bonds is 7. The van der Waals surface area contributed by atoms with Crippen molar-refractivity contribution in [3.63, 3.8) is 0 Å². The Kier molecular flexibility index (Phi) is 6.46. The van der Waals surface area contributed by atoms with Gasteiger partial charge in [0.1, 0.15) is 6.04 Å². The zero-order chi connectivity index (χ0) is 21.9. The lowest BCUT2D eigenvalue weighted by molar-refractivity contribution is -0.122. The number of aryl methyl sites for hydroxylation is 2. The maximum absolute atomic E-state index is 13.1. The first-order chi connectivity index (χ1) is 14.2. The van der Waals surface area contributed by atoms with Gasteiger partial charge in [-0.15, -0.1) is 0 Å². The lowest BCUT2D eigenvalue weighted by Gasteiger charge is -2.30. The molecule has 0 aliphatic heterocycles. The van der Waals surface area contributed by atoms with E-state index >= 15 is 0 Å². The van der Waals surface area contributed by atoms with E-state index in [0.29, 0.717) is 18.7 Å². The van der Waals surface area contributed by atoms with Gasteiger partial charge in [-0.25, -0.2) is 8.42 Å². The molecular weight excluding hydrogens is 396 g/mol. The summed E-state index contributed by atoms with van der Waals surface area (Å²) >= 11 is 0. The molecule has 3 aromatic carbocycles. The Bertz CT molecular complexity index is 1170. The third-order valence-corrected chi connectivity index (χ3v) is 6.59. The summed E-state index contributed by atoms with van der Waals surface area (Å²) in [5.74, 6) is -0.311. The number of anilines is 1. The molecule has 158 valence electrons. The van der Waals surface area contributed by atoms with Crippen LogP contribution < -0.4 is 9.62 Å². The molecule has 0 fully saturated rings. The molecule has 0 aromatic heterocycles. The number of hydrogen-bond acceptors (Lipinski definition) is 3. The number of benzene rings is 3. The van der Waals surface area contributed by atoms with Gasteiger partial charge in [-0.1, -0.05) is 55.5 Å². The third kappa shape index (κ3) is 4.65. The van der Waals surface area contributed by atoms with Crippen LogP contribution >= 0.6 is 0 Å². The second-order valence-electron chi connectivity index (χ2n) is 7.61. The molecule has 0 radical (unpaired) electrons. The zero-order valence-corrected chi connectivity index (χ0v) is 18.7. The Morgan fingerprint density at radius 1 is 1.00 bits per heavy atom. The number of hydrogen-bond donors (Lipinski definition) is 1. The van der Waals surface area contributed by atoms with E-state index in [1.54, 1.807) is 6.07 Å². The van der Waals surface area contributed by atoms with Crippen LogP contribution in [0, 0.1) is 13.8 Å². The highest BCUT2D eigenvalue weighted by atomic mass is 32.2. The molecule has 3 rings (SSSR count). The average Bonchev–Trinajstić information content (AvgIpc) is 2.71. The second kappa shape index (κ2) is 8.88. The first-order valence-corrected chi connectivity index (χ1v) is 11.9. The van der Waals surface area contributed by atoms with E-state index < -0.39 is 16.1 Å². The minimum absolute atomic E-state index is 0.311. The predicted molar refractivity (Wildman–Crippen MR) is 123 cm³/mol. The van der Waals surface area contributed by atoms with Crippen molar-refractivity contribution in [2.45, 2.75) is 39.8 Å². The topological polar surface area (TPSA) is 66.5 Å². The Morgan fingerprint density at radius 2 is 1.70 bits per heavy atom. The first-order valence-electron chi connectivity index (χ1n) is 10.0. The van der Waals surface area contributed by atoms with Gasteiger partial charge in [0.05, 0.1) is 11.9 Å². The summed E-state index contributed by atoms with van der Waals surface area (Å²) in [5.41, 5.74) is 3.55. The van der Waals surface area contributed by atoms with E-state index in [4.69, 9.17) is 0 Å². The van der Waals surface area contributed by atoms with Crippen molar-refractivity contribution in [2.75, 3.05) is 10.6 Å². The number of amides is 1. The number of fused-ring (bicyclic) bond motifs is 1. The summed E-state index contributed by atoms with van der Waals surface area (Å²) in [6.45, 7) is 6.06. The summed E-state index contributed by atoms with van der Waals surface area (Å²) < 4.78 is 26.5. The Hall–Kier alpha value is -2.86. The van der Waals surface area contributed by atoms with Crippen LogP contribution in [0.25, 0.3) is 10.8 Å². The van der Waals surface area contributed by atoms with Crippen molar-refractivity contribution in [3.8, 4) is 0 Å². The van der Waals surface area contributed by atoms with Crippen molar-refractivity contribution in [1.82, 2.24) is 5.32 Å². The van der Waals surface area contributed by atoms with Crippen LogP contribution in [0.2, 0.25) is 0 Å². The predicted octanol–water partition coefficient (Wildman–Crippen LogP) is 4.32. The highest BCUT2D eigenvalue weighted by Gasteiger charge is 2.31. The summed E-state index contributed by atoms with van der Waals surface area (Å²) in [6.07, 6.45) is 1.50. The van der Waals surface area contributed by atoms with Crippen LogP contribution in [-0.2, 0) is 21.4 Å². The molecular formula is C24H28N2O3S. The fourth-order valence-electron chi connectivity index (χ4n) is 3.67. The Labute approximate surface area is 178 Å². The molecule has 30 heavy (non-hydrogen) atoms. The molecule has 1 N–H and O–H groups in total. The standard InChI is InChI=1S/C24H28N2O3S/c1-5-23(26(30(4,28)29)21-14-13-17(2)18(3)15-21)24(27)25-16-20-11-8-10-19-9-6-7-12-22(19)20/h6-15,23H,5,16H2,1-4H3,(H,25,27)/t23-/m0/s1. The van der Waals surface area contributed by atoms with Crippen molar-refractivity contribution in [1.29, 1.82) is 0 Å². The minimum atomic E-state index is -3.65. The van der Waals surface area contributed by atoms with E-state index in [0.717, 1.165) is 33.7 Å². The molecule has 0 heterocycles. The Balaban J connectivity index is 1.88. The number of carbonyl (C=O) groups is 1. The first kappa shape index (κ1) is 21.8. The molecule has 0 spiro atoms. The monoisotopic (exact) mass is 424 g/mol. The lowest BCUT2D eigenvalue weighted by atomic mass is 10.0. The highest BCUT2D eigenvalue weighted by Crippen LogP contribution is 2.25. The van der Waals surface area contributed by atoms with Gasteiger partial charge in [0.25, 0.3) is 0 Å². The molecule has 3 aromatic rings. The third-order valence-electron chi connectivity index (χ3n) is 5.41. The van der Waals surface area contributed by atoms with E-state index in [9.17, 15) is 13.2 Å². The summed E-state index contributed by atoms with van der Waals surface area (Å²) in [7, 11) is -3.65. The van der Waals surface area contributed by atoms with Gasteiger partial charge in [0.2, 0.25) is 15.9 Å². The lowest BCUT2D eigenvalue weighted by Crippen LogP contribution is -2.49. The largest absolute Gasteiger partial charge is 0.350 e. The fraction of sp³-hybridized carbons (Fsp3) is 0.292. The van der Waals surface area contributed by atoms with Gasteiger partial charge in [-0.3, -0.25) is 9.10 Å². The summed E-state index contributed by atoms with van der Waals surface area (Å²) in [5, 5.41) is 5.12. The smallest absolute Gasteiger partial charge is 0.244 e. The van der Waals surface area contributed by atoms with Crippen LogP contribution in [0.15, 0.2) is 60.7 Å². The quantitative estimate of drug-likeness (QED) is 0.614. The molecule has 1 amide bonds. The van der Waals surface area contributed by atoms with Crippen molar-refractivity contribution in [2.24, 2.45) is 0 Å². The second-order valence-corrected chi connectivity index (χ2v) is 9.47. The number of nitrogens with one attached hydrogen (secondary N) is 1. The molecule has 0 saturated carbocycles. The maximum atomic E-state index is 13.1. The Morgan fingerprint density at radius 3 is 2.37 bits per heavy atom. The van der Waals surface area contributed by atoms with Gasteiger partial charge < -0.3 is 5.32 Å².